The molecule has 30 heavy (non-hydrogen) atoms. The molecule has 0 bridgehead atoms. The van der Waals surface area contributed by atoms with Gasteiger partial charge in [0.15, 0.2) is 0 Å². The summed E-state index contributed by atoms with van der Waals surface area (Å²) in [7, 11) is -2.01. The van der Waals surface area contributed by atoms with Gasteiger partial charge in [-0.05, 0) is 54.9 Å². The van der Waals surface area contributed by atoms with Gasteiger partial charge in [0.05, 0.1) is 11.4 Å². The van der Waals surface area contributed by atoms with Crippen LogP contribution in [0.3, 0.4) is 0 Å². The molecule has 0 aromatic heterocycles. The first-order valence-electron chi connectivity index (χ1n) is 9.72. The van der Waals surface area contributed by atoms with Crippen molar-refractivity contribution in [2.75, 3.05) is 39.8 Å². The Morgan fingerprint density at radius 1 is 0.933 bits per heavy atom. The van der Waals surface area contributed by atoms with Gasteiger partial charge in [0.25, 0.3) is 0 Å². The number of halogens is 2. The fourth-order valence-electron chi connectivity index (χ4n) is 3.37. The van der Waals surface area contributed by atoms with E-state index in [1.807, 2.05) is 4.90 Å². The van der Waals surface area contributed by atoms with E-state index < -0.39 is 15.8 Å². The average Bonchev–Trinajstić information content (AvgIpc) is 2.96. The Hall–Kier alpha value is -2.36. The molecule has 2 aromatic carbocycles. The molecule has 0 N–H and O–H groups in total. The van der Waals surface area contributed by atoms with Crippen LogP contribution in [0, 0.1) is 11.6 Å². The van der Waals surface area contributed by atoms with Crippen LogP contribution in [0.2, 0.25) is 0 Å². The minimum absolute atomic E-state index is 0.0625. The number of hydrogen-bond donors (Lipinski definition) is 0. The summed E-state index contributed by atoms with van der Waals surface area (Å²) >= 11 is 0. The first-order valence-corrected chi connectivity index (χ1v) is 11.2. The monoisotopic (exact) mass is 437 g/mol. The maximum absolute atomic E-state index is 13.1. The number of sulfonamides is 1. The van der Waals surface area contributed by atoms with Gasteiger partial charge in [0, 0.05) is 33.2 Å². The molecule has 0 spiro atoms. The van der Waals surface area contributed by atoms with Gasteiger partial charge in [0.2, 0.25) is 15.9 Å². The molecule has 1 aliphatic heterocycles. The lowest BCUT2D eigenvalue weighted by Gasteiger charge is -2.24. The maximum atomic E-state index is 13.1. The molecule has 0 radical (unpaired) electrons. The normalized spacial score (nSPS) is 16.2. The summed E-state index contributed by atoms with van der Waals surface area (Å²) in [6.07, 6.45) is 0.593. The van der Waals surface area contributed by atoms with E-state index in [9.17, 15) is 22.0 Å². The number of nitrogens with zero attached hydrogens (tertiary/aromatic N) is 3. The van der Waals surface area contributed by atoms with E-state index in [-0.39, 0.29) is 29.7 Å². The van der Waals surface area contributed by atoms with Gasteiger partial charge < -0.3 is 4.90 Å². The quantitative estimate of drug-likeness (QED) is 0.696. The van der Waals surface area contributed by atoms with Crippen LogP contribution in [0.15, 0.2) is 53.4 Å². The van der Waals surface area contributed by atoms with Crippen LogP contribution in [-0.2, 0) is 21.4 Å². The summed E-state index contributed by atoms with van der Waals surface area (Å²) in [6, 6.07) is 10.8. The van der Waals surface area contributed by atoms with Gasteiger partial charge in [-0.1, -0.05) is 12.1 Å². The molecule has 0 aliphatic carbocycles. The second kappa shape index (κ2) is 9.63. The Morgan fingerprint density at radius 2 is 1.53 bits per heavy atom. The van der Waals surface area contributed by atoms with Gasteiger partial charge in [-0.15, -0.1) is 0 Å². The van der Waals surface area contributed by atoms with Crippen molar-refractivity contribution in [1.29, 1.82) is 0 Å². The molecule has 0 unspecified atom stereocenters. The third-order valence-electron chi connectivity index (χ3n) is 5.12. The summed E-state index contributed by atoms with van der Waals surface area (Å²) in [5, 5.41) is 0. The molecule has 1 fully saturated rings. The molecular formula is C21H25F2N3O3S. The zero-order valence-electron chi connectivity index (χ0n) is 16.8. The van der Waals surface area contributed by atoms with Gasteiger partial charge in [-0.25, -0.2) is 17.2 Å². The Labute approximate surface area is 175 Å². The number of carbonyl (C=O) groups is 1. The number of amides is 1. The second-order valence-electron chi connectivity index (χ2n) is 7.36. The maximum Gasteiger partial charge on any atom is 0.243 e. The van der Waals surface area contributed by atoms with Crippen molar-refractivity contribution >= 4 is 15.9 Å². The molecule has 1 aliphatic rings. The van der Waals surface area contributed by atoms with E-state index in [0.29, 0.717) is 32.6 Å². The molecule has 1 amide bonds. The smallest absolute Gasteiger partial charge is 0.243 e. The standard InChI is InChI=1S/C21H25F2N3O3S/c1-24(15-17-3-5-18(22)6-4-17)21(27)16-25-11-2-12-26(14-13-25)30(28,29)20-9-7-19(23)8-10-20/h3-10H,2,11-16H2,1H3. The van der Waals surface area contributed by atoms with Crippen LogP contribution in [0.4, 0.5) is 8.78 Å². The Bertz CT molecular complexity index is 966. The van der Waals surface area contributed by atoms with Crippen LogP contribution in [0.25, 0.3) is 0 Å². The predicted octanol–water partition coefficient (Wildman–Crippen LogP) is 2.32. The molecule has 3 rings (SSSR count). The third-order valence-corrected chi connectivity index (χ3v) is 7.03. The van der Waals surface area contributed by atoms with Crippen LogP contribution >= 0.6 is 0 Å². The zero-order valence-corrected chi connectivity index (χ0v) is 17.6. The highest BCUT2D eigenvalue weighted by Gasteiger charge is 2.27. The van der Waals surface area contributed by atoms with Gasteiger partial charge in [-0.3, -0.25) is 9.69 Å². The van der Waals surface area contributed by atoms with Crippen LogP contribution in [-0.4, -0.2) is 68.2 Å². The van der Waals surface area contributed by atoms with E-state index in [1.54, 1.807) is 24.1 Å². The molecular weight excluding hydrogens is 412 g/mol. The zero-order chi connectivity index (χ0) is 21.7. The van der Waals surface area contributed by atoms with Crippen molar-refractivity contribution in [3.63, 3.8) is 0 Å². The van der Waals surface area contributed by atoms with Crippen molar-refractivity contribution in [2.45, 2.75) is 17.9 Å². The van der Waals surface area contributed by atoms with E-state index in [1.165, 1.54) is 28.6 Å². The van der Waals surface area contributed by atoms with Crippen molar-refractivity contribution in [2.24, 2.45) is 0 Å². The topological polar surface area (TPSA) is 60.9 Å². The highest BCUT2D eigenvalue weighted by molar-refractivity contribution is 7.89. The fourth-order valence-corrected chi connectivity index (χ4v) is 4.83. The minimum atomic E-state index is -3.70. The molecule has 9 heteroatoms. The summed E-state index contributed by atoms with van der Waals surface area (Å²) in [5.41, 5.74) is 0.833. The number of rotatable bonds is 6. The highest BCUT2D eigenvalue weighted by atomic mass is 32.2. The lowest BCUT2D eigenvalue weighted by Crippen LogP contribution is -2.40. The third kappa shape index (κ3) is 5.62. The highest BCUT2D eigenvalue weighted by Crippen LogP contribution is 2.18. The van der Waals surface area contributed by atoms with Gasteiger partial charge >= 0.3 is 0 Å². The summed E-state index contributed by atoms with van der Waals surface area (Å²) in [4.78, 5) is 16.1. The van der Waals surface area contributed by atoms with E-state index >= 15 is 0 Å². The Balaban J connectivity index is 1.56. The lowest BCUT2D eigenvalue weighted by molar-refractivity contribution is -0.131. The molecule has 162 valence electrons. The predicted molar refractivity (Wildman–Crippen MR) is 109 cm³/mol. The second-order valence-corrected chi connectivity index (χ2v) is 9.30. The average molecular weight is 438 g/mol. The van der Waals surface area contributed by atoms with Gasteiger partial charge in [-0.2, -0.15) is 4.31 Å². The number of benzene rings is 2. The number of carbonyl (C=O) groups excluding carboxylic acids is 1. The van der Waals surface area contributed by atoms with Gasteiger partial charge in [0.1, 0.15) is 11.6 Å². The van der Waals surface area contributed by atoms with Crippen LogP contribution in [0.5, 0.6) is 0 Å². The Kier molecular flexibility index (Phi) is 7.17. The van der Waals surface area contributed by atoms with Crippen molar-refractivity contribution in [1.82, 2.24) is 14.1 Å². The molecule has 2 aromatic rings. The number of likely N-dealkylation sites (N-methyl/N-ethyl adjacent to an activating group) is 1. The summed E-state index contributed by atoms with van der Waals surface area (Å²) < 4.78 is 53.1. The molecule has 0 atom stereocenters. The van der Waals surface area contributed by atoms with Crippen molar-refractivity contribution < 1.29 is 22.0 Å². The van der Waals surface area contributed by atoms with E-state index in [4.69, 9.17) is 0 Å². The molecule has 1 saturated heterocycles. The van der Waals surface area contributed by atoms with Crippen molar-refractivity contribution in [3.05, 3.63) is 65.7 Å². The van der Waals surface area contributed by atoms with Crippen LogP contribution < -0.4 is 0 Å². The minimum Gasteiger partial charge on any atom is -0.340 e. The van der Waals surface area contributed by atoms with Crippen molar-refractivity contribution in [3.8, 4) is 0 Å². The molecule has 0 saturated carbocycles. The number of hydrogen-bond acceptors (Lipinski definition) is 4. The fraction of sp³-hybridized carbons (Fsp3) is 0.381. The molecule has 1 heterocycles. The molecule has 6 nitrogen and oxygen atoms in total. The van der Waals surface area contributed by atoms with Crippen LogP contribution in [0.1, 0.15) is 12.0 Å². The summed E-state index contributed by atoms with van der Waals surface area (Å²) in [5.74, 6) is -0.897. The summed E-state index contributed by atoms with van der Waals surface area (Å²) in [6.45, 7) is 2.19. The lowest BCUT2D eigenvalue weighted by atomic mass is 10.2. The van der Waals surface area contributed by atoms with E-state index in [2.05, 4.69) is 0 Å². The van der Waals surface area contributed by atoms with E-state index in [0.717, 1.165) is 17.7 Å². The SMILES string of the molecule is CN(Cc1ccc(F)cc1)C(=O)CN1CCCN(S(=O)(=O)c2ccc(F)cc2)CC1. The largest absolute Gasteiger partial charge is 0.340 e. The first-order chi connectivity index (χ1) is 14.3. The Morgan fingerprint density at radius 3 is 2.17 bits per heavy atom. The first kappa shape index (κ1) is 22.3.